The second kappa shape index (κ2) is 5.12. The van der Waals surface area contributed by atoms with Crippen molar-refractivity contribution in [1.82, 2.24) is 10.2 Å². The monoisotopic (exact) mass is 198 g/mol. The number of nitrogens with one attached hydrogen (secondary N) is 1. The zero-order chi connectivity index (χ0) is 10.6. The zero-order valence-corrected chi connectivity index (χ0v) is 8.99. The van der Waals surface area contributed by atoms with E-state index in [0.29, 0.717) is 6.04 Å². The van der Waals surface area contributed by atoms with Crippen LogP contribution in [0.3, 0.4) is 0 Å². The maximum Gasteiger partial charge on any atom is 0.245 e. The van der Waals surface area contributed by atoms with Crippen molar-refractivity contribution in [2.75, 3.05) is 27.3 Å². The molecule has 1 N–H and O–H groups in total. The van der Waals surface area contributed by atoms with Crippen LogP contribution in [0, 0.1) is 0 Å². The third-order valence-corrected chi connectivity index (χ3v) is 2.10. The Morgan fingerprint density at radius 3 is 2.64 bits per heavy atom. The molecule has 1 heterocycles. The Morgan fingerprint density at radius 2 is 2.21 bits per heavy atom. The Labute approximate surface area is 84.9 Å². The van der Waals surface area contributed by atoms with Gasteiger partial charge in [-0.25, -0.2) is 0 Å². The summed E-state index contributed by atoms with van der Waals surface area (Å²) in [6.07, 6.45) is 3.47. The number of likely N-dealkylation sites (N-methyl/N-ethyl adjacent to an activating group) is 1. The zero-order valence-electron chi connectivity index (χ0n) is 8.99. The lowest BCUT2D eigenvalue weighted by Crippen LogP contribution is -2.49. The molecular weight excluding hydrogens is 180 g/mol. The van der Waals surface area contributed by atoms with E-state index in [0.717, 1.165) is 13.2 Å². The molecule has 1 amide bonds. The maximum absolute atomic E-state index is 11.2. The molecule has 0 aliphatic carbocycles. The second-order valence-corrected chi connectivity index (χ2v) is 3.78. The number of ether oxygens (including phenoxy) is 1. The molecule has 1 saturated heterocycles. The molecule has 0 aromatic rings. The van der Waals surface area contributed by atoms with Crippen molar-refractivity contribution in [3.05, 3.63) is 12.2 Å². The average molecular weight is 198 g/mol. The van der Waals surface area contributed by atoms with Crippen LogP contribution in [0.15, 0.2) is 12.2 Å². The van der Waals surface area contributed by atoms with Crippen molar-refractivity contribution in [3.8, 4) is 0 Å². The van der Waals surface area contributed by atoms with Crippen LogP contribution >= 0.6 is 0 Å². The highest BCUT2D eigenvalue weighted by Crippen LogP contribution is 2.01. The molecule has 4 heteroatoms. The summed E-state index contributed by atoms with van der Waals surface area (Å²) < 4.78 is 5.04. The fourth-order valence-corrected chi connectivity index (χ4v) is 1.13. The summed E-state index contributed by atoms with van der Waals surface area (Å²) in [5, 5.41) is 3.33. The normalized spacial score (nSPS) is 19.4. The van der Waals surface area contributed by atoms with Gasteiger partial charge in [0.15, 0.2) is 0 Å². The first-order valence-corrected chi connectivity index (χ1v) is 4.83. The Morgan fingerprint density at radius 1 is 1.57 bits per heavy atom. The summed E-state index contributed by atoms with van der Waals surface area (Å²) in [6, 6.07) is 0.664. The molecule has 1 atom stereocenters. The maximum atomic E-state index is 11.2. The van der Waals surface area contributed by atoms with Gasteiger partial charge in [0, 0.05) is 26.2 Å². The van der Waals surface area contributed by atoms with Crippen LogP contribution in [0.2, 0.25) is 0 Å². The molecule has 80 valence electrons. The molecule has 0 radical (unpaired) electrons. The summed E-state index contributed by atoms with van der Waals surface area (Å²) in [6.45, 7) is 3.58. The molecular formula is C10H18N2O2. The Kier molecular flexibility index (Phi) is 4.10. The van der Waals surface area contributed by atoms with Crippen LogP contribution in [-0.4, -0.2) is 50.2 Å². The molecule has 4 nitrogen and oxygen atoms in total. The lowest BCUT2D eigenvalue weighted by molar-refractivity contribution is -0.123. The number of rotatable bonds is 4. The smallest absolute Gasteiger partial charge is 0.245 e. The lowest BCUT2D eigenvalue weighted by Gasteiger charge is -2.29. The largest absolute Gasteiger partial charge is 0.378 e. The van der Waals surface area contributed by atoms with Crippen LogP contribution in [0.1, 0.15) is 6.92 Å². The first kappa shape index (κ1) is 11.2. The summed E-state index contributed by atoms with van der Waals surface area (Å²) >= 11 is 0. The van der Waals surface area contributed by atoms with Gasteiger partial charge in [0.25, 0.3) is 0 Å². The third kappa shape index (κ3) is 3.47. The highest BCUT2D eigenvalue weighted by atomic mass is 16.5. The van der Waals surface area contributed by atoms with Crippen molar-refractivity contribution >= 4 is 5.91 Å². The van der Waals surface area contributed by atoms with Crippen molar-refractivity contribution in [2.24, 2.45) is 0 Å². The van der Waals surface area contributed by atoms with E-state index in [-0.39, 0.29) is 11.9 Å². The molecule has 1 aliphatic heterocycles. The highest BCUT2D eigenvalue weighted by molar-refractivity contribution is 5.87. The van der Waals surface area contributed by atoms with Crippen molar-refractivity contribution < 1.29 is 9.53 Å². The summed E-state index contributed by atoms with van der Waals surface area (Å²) in [7, 11) is 3.48. The van der Waals surface area contributed by atoms with Gasteiger partial charge < -0.3 is 15.0 Å². The standard InChI is InChI=1S/C10H18N2O2/c1-8(11-9-6-14-7-9)4-5-10(13)12(2)3/h4-5,8-9,11H,6-7H2,1-3H3. The Balaban J connectivity index is 2.24. The molecule has 0 aromatic heterocycles. The predicted octanol–water partition coefficient (Wildman–Crippen LogP) is 0.00770. The SMILES string of the molecule is CC(C=CC(=O)N(C)C)NC1COC1. The summed E-state index contributed by atoms with van der Waals surface area (Å²) in [4.78, 5) is 12.8. The quantitative estimate of drug-likeness (QED) is 0.647. The van der Waals surface area contributed by atoms with Gasteiger partial charge in [-0.3, -0.25) is 4.79 Å². The number of hydrogen-bond donors (Lipinski definition) is 1. The van der Waals surface area contributed by atoms with Gasteiger partial charge in [-0.2, -0.15) is 0 Å². The molecule has 1 fully saturated rings. The first-order valence-electron chi connectivity index (χ1n) is 4.83. The van der Waals surface area contributed by atoms with Crippen molar-refractivity contribution in [1.29, 1.82) is 0 Å². The van der Waals surface area contributed by atoms with Crippen LogP contribution in [0.4, 0.5) is 0 Å². The van der Waals surface area contributed by atoms with E-state index in [4.69, 9.17) is 4.74 Å². The van der Waals surface area contributed by atoms with Gasteiger partial charge in [-0.1, -0.05) is 6.08 Å². The topological polar surface area (TPSA) is 41.6 Å². The van der Waals surface area contributed by atoms with E-state index in [9.17, 15) is 4.79 Å². The lowest BCUT2D eigenvalue weighted by atomic mass is 10.2. The van der Waals surface area contributed by atoms with Gasteiger partial charge in [-0.05, 0) is 6.92 Å². The number of nitrogens with zero attached hydrogens (tertiary/aromatic N) is 1. The van der Waals surface area contributed by atoms with Crippen LogP contribution in [0.5, 0.6) is 0 Å². The van der Waals surface area contributed by atoms with Crippen molar-refractivity contribution in [2.45, 2.75) is 19.0 Å². The minimum absolute atomic E-state index is 0.0171. The minimum atomic E-state index is 0.0171. The Hall–Kier alpha value is -0.870. The van der Waals surface area contributed by atoms with Crippen LogP contribution in [0.25, 0.3) is 0 Å². The van der Waals surface area contributed by atoms with Crippen LogP contribution < -0.4 is 5.32 Å². The first-order chi connectivity index (χ1) is 6.59. The summed E-state index contributed by atoms with van der Waals surface area (Å²) in [5.41, 5.74) is 0. The Bertz CT molecular complexity index is 222. The van der Waals surface area contributed by atoms with E-state index in [1.807, 2.05) is 13.0 Å². The highest BCUT2D eigenvalue weighted by Gasteiger charge is 2.18. The van der Waals surface area contributed by atoms with E-state index in [1.165, 1.54) is 0 Å². The van der Waals surface area contributed by atoms with Gasteiger partial charge in [-0.15, -0.1) is 0 Å². The fourth-order valence-electron chi connectivity index (χ4n) is 1.13. The van der Waals surface area contributed by atoms with Crippen LogP contribution in [-0.2, 0) is 9.53 Å². The molecule has 0 aromatic carbocycles. The van der Waals surface area contributed by atoms with Gasteiger partial charge in [0.2, 0.25) is 5.91 Å². The van der Waals surface area contributed by atoms with E-state index < -0.39 is 0 Å². The fraction of sp³-hybridized carbons (Fsp3) is 0.700. The van der Waals surface area contributed by atoms with E-state index >= 15 is 0 Å². The minimum Gasteiger partial charge on any atom is -0.378 e. The average Bonchev–Trinajstić information content (AvgIpc) is 2.07. The van der Waals surface area contributed by atoms with E-state index in [1.54, 1.807) is 25.1 Å². The van der Waals surface area contributed by atoms with Gasteiger partial charge >= 0.3 is 0 Å². The van der Waals surface area contributed by atoms with Gasteiger partial charge in [0.05, 0.1) is 19.3 Å². The molecule has 0 saturated carbocycles. The summed E-state index contributed by atoms with van der Waals surface area (Å²) in [5.74, 6) is 0.0171. The third-order valence-electron chi connectivity index (χ3n) is 2.10. The number of hydrogen-bond acceptors (Lipinski definition) is 3. The van der Waals surface area contributed by atoms with E-state index in [2.05, 4.69) is 5.32 Å². The molecule has 1 rings (SSSR count). The molecule has 0 spiro atoms. The number of carbonyl (C=O) groups excluding carboxylic acids is 1. The van der Waals surface area contributed by atoms with Crippen molar-refractivity contribution in [3.63, 3.8) is 0 Å². The molecule has 14 heavy (non-hydrogen) atoms. The predicted molar refractivity (Wildman–Crippen MR) is 55.0 cm³/mol. The number of carbonyl (C=O) groups is 1. The van der Waals surface area contributed by atoms with Gasteiger partial charge in [0.1, 0.15) is 0 Å². The number of amides is 1. The molecule has 0 bridgehead atoms. The molecule has 1 unspecified atom stereocenters. The molecule has 1 aliphatic rings. The second-order valence-electron chi connectivity index (χ2n) is 3.78.